The van der Waals surface area contributed by atoms with Gasteiger partial charge >= 0.3 is 0 Å². The van der Waals surface area contributed by atoms with E-state index in [9.17, 15) is 9.18 Å². The van der Waals surface area contributed by atoms with Crippen LogP contribution in [0.25, 0.3) is 6.08 Å². The predicted octanol–water partition coefficient (Wildman–Crippen LogP) is 4.67. The number of benzene rings is 3. The number of hydrogen-bond donors (Lipinski definition) is 0. The Kier molecular flexibility index (Phi) is 4.72. The van der Waals surface area contributed by atoms with E-state index in [1.54, 1.807) is 25.3 Å². The Morgan fingerprint density at radius 3 is 2.43 bits per heavy atom. The first-order chi connectivity index (χ1) is 13.7. The zero-order valence-electron chi connectivity index (χ0n) is 15.2. The summed E-state index contributed by atoms with van der Waals surface area (Å²) in [5.74, 6) is 0.572. The Labute approximate surface area is 162 Å². The Bertz CT molecular complexity index is 1070. The molecule has 0 saturated heterocycles. The molecule has 3 aromatic carbocycles. The molecule has 3 aromatic rings. The first-order valence-electron chi connectivity index (χ1n) is 8.75. The van der Waals surface area contributed by atoms with E-state index in [0.29, 0.717) is 23.0 Å². The number of aliphatic imine (C=N–C) groups is 1. The fourth-order valence-corrected chi connectivity index (χ4v) is 3.02. The van der Waals surface area contributed by atoms with E-state index in [1.807, 2.05) is 54.6 Å². The number of methoxy groups -OCH3 is 1. The molecule has 0 atom stereocenters. The highest BCUT2D eigenvalue weighted by Gasteiger charge is 2.32. The third kappa shape index (κ3) is 3.42. The molecular weight excluding hydrogens is 355 g/mol. The number of halogens is 1. The molecular formula is C23H17FN2O2. The molecule has 0 spiro atoms. The second-order valence-electron chi connectivity index (χ2n) is 6.22. The first kappa shape index (κ1) is 17.7. The van der Waals surface area contributed by atoms with Gasteiger partial charge in [0, 0.05) is 5.56 Å². The number of carbonyl (C=O) groups is 1. The maximum atomic E-state index is 13.4. The number of hydrogen-bond acceptors (Lipinski definition) is 3. The topological polar surface area (TPSA) is 41.9 Å². The van der Waals surface area contributed by atoms with Crippen LogP contribution in [0.1, 0.15) is 11.1 Å². The van der Waals surface area contributed by atoms with Crippen LogP contribution in [0.3, 0.4) is 0 Å². The van der Waals surface area contributed by atoms with Crippen molar-refractivity contribution < 1.29 is 13.9 Å². The fourth-order valence-electron chi connectivity index (χ4n) is 3.02. The second kappa shape index (κ2) is 7.48. The number of amides is 1. The quantitative estimate of drug-likeness (QED) is 0.625. The van der Waals surface area contributed by atoms with Crippen molar-refractivity contribution in [3.63, 3.8) is 0 Å². The minimum absolute atomic E-state index is 0.270. The average molecular weight is 372 g/mol. The molecule has 0 aromatic heterocycles. The Hall–Kier alpha value is -3.73. The van der Waals surface area contributed by atoms with E-state index in [-0.39, 0.29) is 11.7 Å². The predicted molar refractivity (Wildman–Crippen MR) is 108 cm³/mol. The molecule has 28 heavy (non-hydrogen) atoms. The molecule has 0 N–H and O–H groups in total. The standard InChI is InChI=1S/C23H17FN2O2/c1-28-20-9-5-6-16(14-20)15-21-23(27)26(19-12-10-18(24)11-13-19)22(25-21)17-7-3-2-4-8-17/h2-15H,1H3/b21-15+. The molecule has 4 rings (SSSR count). The Balaban J connectivity index is 1.80. The molecule has 0 unspecified atom stereocenters. The fraction of sp³-hybridized carbons (Fsp3) is 0.0435. The van der Waals surface area contributed by atoms with Crippen molar-refractivity contribution in [1.29, 1.82) is 0 Å². The van der Waals surface area contributed by atoms with Gasteiger partial charge in [-0.2, -0.15) is 0 Å². The zero-order valence-corrected chi connectivity index (χ0v) is 15.2. The highest BCUT2D eigenvalue weighted by molar-refractivity contribution is 6.33. The maximum absolute atomic E-state index is 13.4. The summed E-state index contributed by atoms with van der Waals surface area (Å²) in [7, 11) is 1.59. The molecule has 5 heteroatoms. The van der Waals surface area contributed by atoms with Crippen LogP contribution in [-0.4, -0.2) is 18.9 Å². The van der Waals surface area contributed by atoms with Gasteiger partial charge in [-0.15, -0.1) is 0 Å². The monoisotopic (exact) mass is 372 g/mol. The highest BCUT2D eigenvalue weighted by Crippen LogP contribution is 2.28. The molecule has 1 heterocycles. The summed E-state index contributed by atoms with van der Waals surface area (Å²) < 4.78 is 18.6. The van der Waals surface area contributed by atoms with Crippen LogP contribution >= 0.6 is 0 Å². The Morgan fingerprint density at radius 1 is 0.964 bits per heavy atom. The van der Waals surface area contributed by atoms with Crippen LogP contribution in [0.2, 0.25) is 0 Å². The number of carbonyl (C=O) groups excluding carboxylic acids is 1. The lowest BCUT2D eigenvalue weighted by molar-refractivity contribution is -0.113. The van der Waals surface area contributed by atoms with Crippen LogP contribution in [0.5, 0.6) is 5.75 Å². The van der Waals surface area contributed by atoms with Crippen LogP contribution in [0.15, 0.2) is 89.6 Å². The van der Waals surface area contributed by atoms with E-state index in [2.05, 4.69) is 4.99 Å². The van der Waals surface area contributed by atoms with Crippen molar-refractivity contribution in [2.24, 2.45) is 4.99 Å². The van der Waals surface area contributed by atoms with E-state index < -0.39 is 0 Å². The molecule has 0 bridgehead atoms. The average Bonchev–Trinajstić information content (AvgIpc) is 3.05. The van der Waals surface area contributed by atoms with Gasteiger partial charge in [0.25, 0.3) is 5.91 Å². The molecule has 0 radical (unpaired) electrons. The third-order valence-corrected chi connectivity index (χ3v) is 4.37. The van der Waals surface area contributed by atoms with Crippen LogP contribution in [0.4, 0.5) is 10.1 Å². The lowest BCUT2D eigenvalue weighted by Gasteiger charge is -2.18. The maximum Gasteiger partial charge on any atom is 0.282 e. The molecule has 1 aliphatic rings. The third-order valence-electron chi connectivity index (χ3n) is 4.37. The van der Waals surface area contributed by atoms with Gasteiger partial charge in [-0.05, 0) is 48.0 Å². The van der Waals surface area contributed by atoms with Gasteiger partial charge < -0.3 is 4.74 Å². The molecule has 1 aliphatic heterocycles. The summed E-state index contributed by atoms with van der Waals surface area (Å²) in [6, 6.07) is 22.6. The van der Waals surface area contributed by atoms with Crippen molar-refractivity contribution in [2.75, 3.05) is 12.0 Å². The van der Waals surface area contributed by atoms with E-state index >= 15 is 0 Å². The molecule has 0 aliphatic carbocycles. The van der Waals surface area contributed by atoms with Gasteiger partial charge in [-0.25, -0.2) is 9.38 Å². The minimum Gasteiger partial charge on any atom is -0.497 e. The van der Waals surface area contributed by atoms with Gasteiger partial charge in [0.15, 0.2) is 0 Å². The van der Waals surface area contributed by atoms with Gasteiger partial charge in [0.1, 0.15) is 23.1 Å². The molecule has 138 valence electrons. The summed E-state index contributed by atoms with van der Waals surface area (Å²) in [5.41, 5.74) is 2.47. The number of amidine groups is 1. The lowest BCUT2D eigenvalue weighted by Crippen LogP contribution is -2.32. The summed E-state index contributed by atoms with van der Waals surface area (Å²) in [5, 5.41) is 0. The normalized spacial score (nSPS) is 15.1. The number of rotatable bonds is 4. The largest absolute Gasteiger partial charge is 0.497 e. The first-order valence-corrected chi connectivity index (χ1v) is 8.75. The summed E-state index contributed by atoms with van der Waals surface area (Å²) in [6.45, 7) is 0. The van der Waals surface area contributed by atoms with Crippen molar-refractivity contribution in [3.05, 3.63) is 102 Å². The SMILES string of the molecule is COc1cccc(/C=C2/N=C(c3ccccc3)N(c3ccc(F)cc3)C2=O)c1. The van der Waals surface area contributed by atoms with Gasteiger partial charge in [-0.3, -0.25) is 9.69 Å². The summed E-state index contributed by atoms with van der Waals surface area (Å²) in [6.07, 6.45) is 1.72. The number of ether oxygens (including phenoxy) is 1. The summed E-state index contributed by atoms with van der Waals surface area (Å²) in [4.78, 5) is 19.2. The molecule has 0 saturated carbocycles. The van der Waals surface area contributed by atoms with Crippen LogP contribution in [-0.2, 0) is 4.79 Å². The lowest BCUT2D eigenvalue weighted by atomic mass is 10.1. The van der Waals surface area contributed by atoms with Gasteiger partial charge in [-0.1, -0.05) is 42.5 Å². The van der Waals surface area contributed by atoms with Crippen molar-refractivity contribution in [1.82, 2.24) is 0 Å². The van der Waals surface area contributed by atoms with E-state index in [0.717, 1.165) is 11.1 Å². The van der Waals surface area contributed by atoms with Gasteiger partial charge in [0.2, 0.25) is 0 Å². The van der Waals surface area contributed by atoms with Crippen molar-refractivity contribution >= 4 is 23.5 Å². The van der Waals surface area contributed by atoms with E-state index in [4.69, 9.17) is 4.74 Å². The van der Waals surface area contributed by atoms with Crippen molar-refractivity contribution in [3.8, 4) is 5.75 Å². The van der Waals surface area contributed by atoms with Crippen LogP contribution < -0.4 is 9.64 Å². The Morgan fingerprint density at radius 2 is 1.71 bits per heavy atom. The zero-order chi connectivity index (χ0) is 19.5. The van der Waals surface area contributed by atoms with E-state index in [1.165, 1.54) is 17.0 Å². The number of nitrogens with zero attached hydrogens (tertiary/aromatic N) is 2. The smallest absolute Gasteiger partial charge is 0.282 e. The molecule has 1 amide bonds. The summed E-state index contributed by atoms with van der Waals surface area (Å²) >= 11 is 0. The van der Waals surface area contributed by atoms with Crippen molar-refractivity contribution in [2.45, 2.75) is 0 Å². The molecule has 0 fully saturated rings. The van der Waals surface area contributed by atoms with Gasteiger partial charge in [0.05, 0.1) is 12.8 Å². The minimum atomic E-state index is -0.360. The second-order valence-corrected chi connectivity index (χ2v) is 6.22. The highest BCUT2D eigenvalue weighted by atomic mass is 19.1. The molecule has 4 nitrogen and oxygen atoms in total. The number of anilines is 1. The van der Waals surface area contributed by atoms with Crippen LogP contribution in [0, 0.1) is 5.82 Å².